The van der Waals surface area contributed by atoms with Crippen LogP contribution in [0.4, 0.5) is 13.2 Å². The first-order chi connectivity index (χ1) is 13.1. The highest BCUT2D eigenvalue weighted by molar-refractivity contribution is 7.89. The summed E-state index contributed by atoms with van der Waals surface area (Å²) in [6.07, 6.45) is -2.84. The zero-order valence-electron chi connectivity index (χ0n) is 15.3. The molecule has 1 aromatic rings. The van der Waals surface area contributed by atoms with E-state index in [9.17, 15) is 26.4 Å². The molecular formula is C17H22F3N3O4S. The monoisotopic (exact) mass is 421 g/mol. The summed E-state index contributed by atoms with van der Waals surface area (Å²) in [6.45, 7) is 2.98. The average Bonchev–Trinajstić information content (AvgIpc) is 3.44. The summed E-state index contributed by atoms with van der Waals surface area (Å²) in [6, 6.07) is 4.05. The molecule has 28 heavy (non-hydrogen) atoms. The summed E-state index contributed by atoms with van der Waals surface area (Å²) in [5.74, 6) is -0.536. The van der Waals surface area contributed by atoms with E-state index in [2.05, 4.69) is 10.1 Å². The van der Waals surface area contributed by atoms with Gasteiger partial charge in [-0.3, -0.25) is 9.69 Å². The van der Waals surface area contributed by atoms with Crippen molar-refractivity contribution in [3.05, 3.63) is 24.3 Å². The minimum Gasteiger partial charge on any atom is -0.406 e. The minimum atomic E-state index is -4.83. The SMILES string of the molecule is C[C@@H](C(=O)NC1CC1)N1CCN(S(=O)(=O)c2ccc(OC(F)(F)F)cc2)CC1. The molecule has 1 saturated heterocycles. The quantitative estimate of drug-likeness (QED) is 0.754. The van der Waals surface area contributed by atoms with Gasteiger partial charge in [-0.25, -0.2) is 8.42 Å². The molecule has 1 N–H and O–H groups in total. The molecule has 1 heterocycles. The van der Waals surface area contributed by atoms with Gasteiger partial charge in [0.1, 0.15) is 5.75 Å². The third-order valence-electron chi connectivity index (χ3n) is 4.82. The van der Waals surface area contributed by atoms with Gasteiger partial charge in [-0.2, -0.15) is 4.31 Å². The number of hydrogen-bond acceptors (Lipinski definition) is 5. The van der Waals surface area contributed by atoms with E-state index in [4.69, 9.17) is 0 Å². The van der Waals surface area contributed by atoms with Crippen molar-refractivity contribution in [3.63, 3.8) is 0 Å². The van der Waals surface area contributed by atoms with E-state index in [-0.39, 0.29) is 36.0 Å². The van der Waals surface area contributed by atoms with Crippen LogP contribution in [0.3, 0.4) is 0 Å². The van der Waals surface area contributed by atoms with Crippen LogP contribution >= 0.6 is 0 Å². The van der Waals surface area contributed by atoms with Gasteiger partial charge in [-0.1, -0.05) is 0 Å². The van der Waals surface area contributed by atoms with E-state index in [0.717, 1.165) is 37.1 Å². The molecule has 7 nitrogen and oxygen atoms in total. The van der Waals surface area contributed by atoms with Crippen molar-refractivity contribution in [3.8, 4) is 5.75 Å². The summed E-state index contributed by atoms with van der Waals surface area (Å²) >= 11 is 0. The number of piperazine rings is 1. The lowest BCUT2D eigenvalue weighted by molar-refractivity contribution is -0.274. The highest BCUT2D eigenvalue weighted by Crippen LogP contribution is 2.26. The molecule has 2 fully saturated rings. The molecule has 1 saturated carbocycles. The van der Waals surface area contributed by atoms with Crippen LogP contribution in [0.15, 0.2) is 29.2 Å². The molecule has 0 bridgehead atoms. The van der Waals surface area contributed by atoms with Gasteiger partial charge < -0.3 is 10.1 Å². The van der Waals surface area contributed by atoms with Gasteiger partial charge in [0.2, 0.25) is 15.9 Å². The average molecular weight is 421 g/mol. The summed E-state index contributed by atoms with van der Waals surface area (Å²) in [5, 5.41) is 2.94. The fraction of sp³-hybridized carbons (Fsp3) is 0.588. The lowest BCUT2D eigenvalue weighted by atomic mass is 10.2. The number of sulfonamides is 1. The minimum absolute atomic E-state index is 0.0564. The highest BCUT2D eigenvalue weighted by Gasteiger charge is 2.34. The largest absolute Gasteiger partial charge is 0.573 e. The zero-order valence-corrected chi connectivity index (χ0v) is 16.1. The maximum absolute atomic E-state index is 12.7. The van der Waals surface area contributed by atoms with Crippen LogP contribution in [0.2, 0.25) is 0 Å². The van der Waals surface area contributed by atoms with E-state index in [1.807, 2.05) is 4.90 Å². The van der Waals surface area contributed by atoms with Crippen LogP contribution in [0.5, 0.6) is 5.75 Å². The van der Waals surface area contributed by atoms with Gasteiger partial charge in [0, 0.05) is 32.2 Å². The Morgan fingerprint density at radius 3 is 2.21 bits per heavy atom. The van der Waals surface area contributed by atoms with Crippen molar-refractivity contribution >= 4 is 15.9 Å². The number of rotatable bonds is 6. The Kier molecular flexibility index (Phi) is 5.87. The van der Waals surface area contributed by atoms with Gasteiger partial charge in [0.25, 0.3) is 0 Å². The van der Waals surface area contributed by atoms with Crippen molar-refractivity contribution < 1.29 is 31.1 Å². The van der Waals surface area contributed by atoms with Gasteiger partial charge >= 0.3 is 6.36 Å². The number of amides is 1. The fourth-order valence-electron chi connectivity index (χ4n) is 3.01. The van der Waals surface area contributed by atoms with E-state index in [0.29, 0.717) is 13.1 Å². The first kappa shape index (κ1) is 20.9. The van der Waals surface area contributed by atoms with Crippen LogP contribution in [-0.2, 0) is 14.8 Å². The number of nitrogens with zero attached hydrogens (tertiary/aromatic N) is 2. The van der Waals surface area contributed by atoms with Gasteiger partial charge in [0.05, 0.1) is 10.9 Å². The summed E-state index contributed by atoms with van der Waals surface area (Å²) in [7, 11) is -3.83. The highest BCUT2D eigenvalue weighted by atomic mass is 32.2. The fourth-order valence-corrected chi connectivity index (χ4v) is 4.43. The number of alkyl halides is 3. The number of benzene rings is 1. The van der Waals surface area contributed by atoms with E-state index < -0.39 is 22.1 Å². The van der Waals surface area contributed by atoms with E-state index in [1.54, 1.807) is 6.92 Å². The second kappa shape index (κ2) is 7.88. The molecule has 2 aliphatic rings. The number of nitrogens with one attached hydrogen (secondary N) is 1. The first-order valence-corrected chi connectivity index (χ1v) is 10.4. The second-order valence-electron chi connectivity index (χ2n) is 6.92. The van der Waals surface area contributed by atoms with Crippen LogP contribution < -0.4 is 10.1 Å². The Morgan fingerprint density at radius 2 is 1.71 bits per heavy atom. The van der Waals surface area contributed by atoms with Gasteiger partial charge in [-0.05, 0) is 44.0 Å². The van der Waals surface area contributed by atoms with Crippen molar-refractivity contribution in [1.82, 2.24) is 14.5 Å². The molecule has 1 amide bonds. The molecule has 0 unspecified atom stereocenters. The normalized spacial score (nSPS) is 20.6. The Balaban J connectivity index is 1.58. The number of carbonyl (C=O) groups excluding carboxylic acids is 1. The maximum Gasteiger partial charge on any atom is 0.573 e. The maximum atomic E-state index is 12.7. The van der Waals surface area contributed by atoms with Crippen LogP contribution in [-0.4, -0.2) is 68.2 Å². The number of hydrogen-bond donors (Lipinski definition) is 1. The predicted octanol–water partition coefficient (Wildman–Crippen LogP) is 1.56. The first-order valence-electron chi connectivity index (χ1n) is 8.97. The topological polar surface area (TPSA) is 79.0 Å². The number of ether oxygens (including phenoxy) is 1. The molecule has 0 aromatic heterocycles. The van der Waals surface area contributed by atoms with E-state index in [1.165, 1.54) is 4.31 Å². The summed E-state index contributed by atoms with van der Waals surface area (Å²) in [4.78, 5) is 14.0. The molecule has 0 spiro atoms. The molecule has 156 valence electrons. The summed E-state index contributed by atoms with van der Waals surface area (Å²) < 4.78 is 67.1. The summed E-state index contributed by atoms with van der Waals surface area (Å²) in [5.41, 5.74) is 0. The molecule has 1 aromatic carbocycles. The van der Waals surface area contributed by atoms with Crippen molar-refractivity contribution in [1.29, 1.82) is 0 Å². The molecule has 1 aliphatic heterocycles. The lowest BCUT2D eigenvalue weighted by Crippen LogP contribution is -2.55. The lowest BCUT2D eigenvalue weighted by Gasteiger charge is -2.36. The van der Waals surface area contributed by atoms with Crippen LogP contribution in [0.25, 0.3) is 0 Å². The Bertz CT molecular complexity index is 802. The van der Waals surface area contributed by atoms with Gasteiger partial charge in [-0.15, -0.1) is 13.2 Å². The third-order valence-corrected chi connectivity index (χ3v) is 6.73. The Hall–Kier alpha value is -1.85. The smallest absolute Gasteiger partial charge is 0.406 e. The predicted molar refractivity (Wildman–Crippen MR) is 94.1 cm³/mol. The third kappa shape index (κ3) is 5.15. The standard InChI is InChI=1S/C17H22F3N3O4S/c1-12(16(24)21-13-2-3-13)22-8-10-23(11-9-22)28(25,26)15-6-4-14(5-7-15)27-17(18,19)20/h4-7,12-13H,2-3,8-11H2,1H3,(H,21,24)/t12-/m0/s1. The van der Waals surface area contributed by atoms with Crippen molar-refractivity contribution in [2.45, 2.75) is 43.1 Å². The number of halogens is 3. The molecule has 1 atom stereocenters. The molecular weight excluding hydrogens is 399 g/mol. The molecule has 3 rings (SSSR count). The van der Waals surface area contributed by atoms with Crippen LogP contribution in [0.1, 0.15) is 19.8 Å². The zero-order chi connectivity index (χ0) is 20.5. The van der Waals surface area contributed by atoms with Crippen molar-refractivity contribution in [2.75, 3.05) is 26.2 Å². The second-order valence-corrected chi connectivity index (χ2v) is 8.86. The molecule has 11 heteroatoms. The Morgan fingerprint density at radius 1 is 1.14 bits per heavy atom. The van der Waals surface area contributed by atoms with Gasteiger partial charge in [0.15, 0.2) is 0 Å². The van der Waals surface area contributed by atoms with Crippen LogP contribution in [0, 0.1) is 0 Å². The van der Waals surface area contributed by atoms with E-state index >= 15 is 0 Å². The Labute approximate surface area is 161 Å². The molecule has 0 radical (unpaired) electrons. The number of carbonyl (C=O) groups is 1. The molecule has 1 aliphatic carbocycles. The van der Waals surface area contributed by atoms with Crippen molar-refractivity contribution in [2.24, 2.45) is 0 Å².